The van der Waals surface area contributed by atoms with E-state index in [0.29, 0.717) is 0 Å². The standard InChI is InChI=1S/C3H8O3/c4-1-3(6)2-5/h3-6H,1-2H2/i1D2,2+1D,3+1D/t2-,3+/m0/s1. The number of aliphatic hydroxyl groups is 3. The van der Waals surface area contributed by atoms with Gasteiger partial charge in [0.15, 0.2) is 0 Å². The van der Waals surface area contributed by atoms with Crippen molar-refractivity contribution in [2.24, 2.45) is 0 Å². The Bertz CT molecular complexity index is 117. The minimum Gasteiger partial charge on any atom is -0.394 e. The molecule has 0 aliphatic rings. The molecule has 0 heterocycles. The Morgan fingerprint density at radius 3 is 2.33 bits per heavy atom. The monoisotopic (exact) mass is 98.1 g/mol. The maximum Gasteiger partial charge on any atom is 0.100 e. The minimum absolute atomic E-state index is 2.40. The van der Waals surface area contributed by atoms with E-state index in [1.807, 2.05) is 0 Å². The molecule has 0 spiro atoms. The SMILES string of the molecule is [2H][13C@H](O)[13C@]([2H])(O)C([2H])([2H])O. The zero-order chi connectivity index (χ0) is 8.58. The van der Waals surface area contributed by atoms with Crippen LogP contribution in [0.5, 0.6) is 0 Å². The average Bonchev–Trinajstić information content (AvgIpc) is 1.62. The number of rotatable bonds is 2. The summed E-state index contributed by atoms with van der Waals surface area (Å²) in [5, 5.41) is 25.1. The van der Waals surface area contributed by atoms with Crippen molar-refractivity contribution in [3.8, 4) is 0 Å². The lowest BCUT2D eigenvalue weighted by Crippen LogP contribution is -2.15. The molecule has 0 saturated carbocycles. The highest BCUT2D eigenvalue weighted by Gasteiger charge is 1.93. The summed E-state index contributed by atoms with van der Waals surface area (Å²) in [6.45, 7) is -5.69. The van der Waals surface area contributed by atoms with Crippen LogP contribution in [0.15, 0.2) is 0 Å². The van der Waals surface area contributed by atoms with Crippen LogP contribution in [0.1, 0.15) is 5.48 Å². The van der Waals surface area contributed by atoms with E-state index < -0.39 is 19.2 Å². The molecule has 0 aromatic heterocycles. The quantitative estimate of drug-likeness (QED) is 0.362. The Labute approximate surface area is 41.5 Å². The summed E-state index contributed by atoms with van der Waals surface area (Å²) < 4.78 is 25.6. The van der Waals surface area contributed by atoms with Gasteiger partial charge in [-0.3, -0.25) is 0 Å². The van der Waals surface area contributed by atoms with Crippen molar-refractivity contribution in [2.75, 3.05) is 13.1 Å². The van der Waals surface area contributed by atoms with Crippen LogP contribution in [0.2, 0.25) is 0 Å². The molecule has 0 rings (SSSR count). The molecule has 0 bridgehead atoms. The predicted molar refractivity (Wildman–Crippen MR) is 20.2 cm³/mol. The molecular formula is C3H8O3. The second-order valence-corrected chi connectivity index (χ2v) is 0.626. The summed E-state index contributed by atoms with van der Waals surface area (Å²) in [6, 6.07) is 0. The number of hydrogen-bond acceptors (Lipinski definition) is 3. The number of hydrogen-bond donors (Lipinski definition) is 3. The summed E-state index contributed by atoms with van der Waals surface area (Å²) in [6.07, 6.45) is -3.20. The van der Waals surface area contributed by atoms with E-state index in [0.717, 1.165) is 0 Å². The fourth-order valence-corrected chi connectivity index (χ4v) is 0.0289. The first-order chi connectivity index (χ1) is 4.19. The Morgan fingerprint density at radius 1 is 1.83 bits per heavy atom. The molecule has 2 atom stereocenters. The van der Waals surface area contributed by atoms with Crippen LogP contribution in [0, 0.1) is 0 Å². The van der Waals surface area contributed by atoms with Crippen LogP contribution < -0.4 is 0 Å². The van der Waals surface area contributed by atoms with Gasteiger partial charge in [0, 0.05) is 0 Å². The highest BCUT2D eigenvalue weighted by Crippen LogP contribution is 1.71. The van der Waals surface area contributed by atoms with Gasteiger partial charge in [0.2, 0.25) is 0 Å². The maximum atomic E-state index is 8.53. The van der Waals surface area contributed by atoms with Gasteiger partial charge in [-0.15, -0.1) is 0 Å². The Morgan fingerprint density at radius 2 is 2.33 bits per heavy atom. The van der Waals surface area contributed by atoms with Gasteiger partial charge in [-0.25, -0.2) is 0 Å². The molecule has 3 heteroatoms. The molecule has 3 nitrogen and oxygen atoms in total. The molecule has 0 fully saturated rings. The fourth-order valence-electron chi connectivity index (χ4n) is 0.0289. The molecule has 3 N–H and O–H groups in total. The Balaban J connectivity index is 4.40. The van der Waals surface area contributed by atoms with Crippen molar-refractivity contribution >= 4 is 0 Å². The van der Waals surface area contributed by atoms with E-state index in [4.69, 9.17) is 20.8 Å². The van der Waals surface area contributed by atoms with Gasteiger partial charge in [-0.05, 0) is 0 Å². The molecule has 0 saturated heterocycles. The van der Waals surface area contributed by atoms with Gasteiger partial charge in [0.25, 0.3) is 0 Å². The lowest BCUT2D eigenvalue weighted by atomic mass is 11.0. The van der Waals surface area contributed by atoms with Crippen LogP contribution >= 0.6 is 0 Å². The van der Waals surface area contributed by atoms with E-state index in [-0.39, 0.29) is 0 Å². The third-order valence-electron chi connectivity index (χ3n) is 0.237. The Kier molecular flexibility index (Phi) is 0.913. The topological polar surface area (TPSA) is 60.7 Å². The second-order valence-electron chi connectivity index (χ2n) is 0.626. The fraction of sp³-hybridized carbons (Fsp3) is 1.00. The molecule has 0 amide bonds. The van der Waals surface area contributed by atoms with E-state index in [9.17, 15) is 0 Å². The first kappa shape index (κ1) is 1.78. The molecule has 0 radical (unpaired) electrons. The highest BCUT2D eigenvalue weighted by molar-refractivity contribution is 4.43. The lowest BCUT2D eigenvalue weighted by Gasteiger charge is -1.96. The second kappa shape index (κ2) is 3.08. The smallest absolute Gasteiger partial charge is 0.100 e. The van der Waals surface area contributed by atoms with E-state index in [2.05, 4.69) is 0 Å². The molecule has 0 unspecified atom stereocenters. The summed E-state index contributed by atoms with van der Waals surface area (Å²) in [4.78, 5) is 0. The normalized spacial score (nSPS) is 37.2. The first-order valence-electron chi connectivity index (χ1n) is 3.32. The van der Waals surface area contributed by atoms with Gasteiger partial charge in [0.05, 0.1) is 18.6 Å². The van der Waals surface area contributed by atoms with Crippen LogP contribution in [-0.2, 0) is 0 Å². The van der Waals surface area contributed by atoms with Crippen molar-refractivity contribution in [1.82, 2.24) is 0 Å². The van der Waals surface area contributed by atoms with Crippen LogP contribution in [0.4, 0.5) is 0 Å². The minimum atomic E-state index is -3.30. The van der Waals surface area contributed by atoms with Gasteiger partial charge in [-0.1, -0.05) is 0 Å². The molecule has 38 valence electrons. The molecule has 0 aliphatic carbocycles. The zero-order valence-electron chi connectivity index (χ0n) is 6.92. The molecule has 6 heavy (non-hydrogen) atoms. The van der Waals surface area contributed by atoms with Crippen LogP contribution in [0.3, 0.4) is 0 Å². The summed E-state index contributed by atoms with van der Waals surface area (Å²) in [5.74, 6) is 0. The van der Waals surface area contributed by atoms with Gasteiger partial charge in [0.1, 0.15) is 6.08 Å². The molecule has 0 aromatic rings. The molecule has 0 aromatic carbocycles. The van der Waals surface area contributed by atoms with E-state index >= 15 is 0 Å². The molecule has 0 aliphatic heterocycles. The van der Waals surface area contributed by atoms with E-state index in [1.54, 1.807) is 0 Å². The maximum absolute atomic E-state index is 8.53. The summed E-state index contributed by atoms with van der Waals surface area (Å²) in [7, 11) is 0. The summed E-state index contributed by atoms with van der Waals surface area (Å²) in [5.41, 5.74) is 0. The van der Waals surface area contributed by atoms with Crippen molar-refractivity contribution < 1.29 is 20.8 Å². The Hall–Kier alpha value is -0.120. The number of aliphatic hydroxyl groups excluding tert-OH is 1. The molecular weight excluding hydrogens is 86.0 g/mol. The zero-order valence-corrected chi connectivity index (χ0v) is 2.92. The van der Waals surface area contributed by atoms with E-state index in [1.165, 1.54) is 0 Å². The third kappa shape index (κ3) is 2.14. The van der Waals surface area contributed by atoms with Crippen molar-refractivity contribution in [3.63, 3.8) is 0 Å². The van der Waals surface area contributed by atoms with Crippen LogP contribution in [0.25, 0.3) is 0 Å². The largest absolute Gasteiger partial charge is 0.394 e. The average molecular weight is 98.1 g/mol. The van der Waals surface area contributed by atoms with Crippen LogP contribution in [-0.4, -0.2) is 34.5 Å². The third-order valence-corrected chi connectivity index (χ3v) is 0.237. The first-order valence-corrected chi connectivity index (χ1v) is 1.24. The lowest BCUT2D eigenvalue weighted by molar-refractivity contribution is 0.0450. The van der Waals surface area contributed by atoms with Gasteiger partial charge >= 0.3 is 0 Å². The van der Waals surface area contributed by atoms with Gasteiger partial charge < -0.3 is 15.3 Å². The van der Waals surface area contributed by atoms with Crippen molar-refractivity contribution in [1.29, 1.82) is 0 Å². The highest BCUT2D eigenvalue weighted by atomic mass is 16.5. The summed E-state index contributed by atoms with van der Waals surface area (Å²) >= 11 is 0. The van der Waals surface area contributed by atoms with Gasteiger partial charge in [-0.2, -0.15) is 0 Å². The van der Waals surface area contributed by atoms with Crippen molar-refractivity contribution in [2.45, 2.75) is 6.08 Å². The predicted octanol–water partition coefficient (Wildman–Crippen LogP) is -1.67. The van der Waals surface area contributed by atoms with Crippen molar-refractivity contribution in [3.05, 3.63) is 0 Å².